The van der Waals surface area contributed by atoms with Gasteiger partial charge in [-0.2, -0.15) is 5.10 Å². The molecule has 0 radical (unpaired) electrons. The first-order chi connectivity index (χ1) is 16.7. The molecule has 1 amide bonds. The van der Waals surface area contributed by atoms with E-state index in [4.69, 9.17) is 32.7 Å². The van der Waals surface area contributed by atoms with E-state index in [1.165, 1.54) is 20.3 Å². The van der Waals surface area contributed by atoms with E-state index >= 15 is 0 Å². The number of carbonyl (C=O) groups is 2. The summed E-state index contributed by atoms with van der Waals surface area (Å²) in [6, 6.07) is 3.44. The number of fused-ring (bicyclic) bond motifs is 1. The molecule has 0 bridgehead atoms. The summed E-state index contributed by atoms with van der Waals surface area (Å²) in [6.07, 6.45) is 7.24. The number of ketones is 1. The monoisotopic (exact) mass is 512 g/mol. The first kappa shape index (κ1) is 24.5. The predicted molar refractivity (Wildman–Crippen MR) is 135 cm³/mol. The molecule has 180 valence electrons. The Hall–Kier alpha value is -3.62. The average Bonchev–Trinajstić information content (AvgIpc) is 3.41. The molecule has 0 fully saturated rings. The highest BCUT2D eigenvalue weighted by atomic mass is 35.5. The first-order valence-corrected chi connectivity index (χ1v) is 11.3. The summed E-state index contributed by atoms with van der Waals surface area (Å²) in [5.74, 6) is -0.0371. The molecule has 10 heteroatoms. The van der Waals surface area contributed by atoms with Crippen LogP contribution < -0.4 is 14.8 Å². The Kier molecular flexibility index (Phi) is 6.95. The number of nitrogens with zero attached hydrogens (tertiary/aromatic N) is 3. The highest BCUT2D eigenvalue weighted by Crippen LogP contribution is 2.42. The maximum Gasteiger partial charge on any atom is 0.247 e. The van der Waals surface area contributed by atoms with Crippen LogP contribution in [0.4, 0.5) is 5.69 Å². The first-order valence-electron chi connectivity index (χ1n) is 10.5. The van der Waals surface area contributed by atoms with E-state index in [2.05, 4.69) is 22.0 Å². The Morgan fingerprint density at radius 1 is 1.20 bits per heavy atom. The van der Waals surface area contributed by atoms with Crippen LogP contribution >= 0.6 is 23.2 Å². The summed E-state index contributed by atoms with van der Waals surface area (Å²) in [7, 11) is 4.68. The van der Waals surface area contributed by atoms with Gasteiger partial charge in [-0.05, 0) is 29.3 Å². The van der Waals surface area contributed by atoms with Crippen LogP contribution in [0.15, 0.2) is 42.8 Å². The second-order valence-electron chi connectivity index (χ2n) is 7.87. The molecule has 0 saturated heterocycles. The van der Waals surface area contributed by atoms with Crippen LogP contribution in [-0.2, 0) is 24.7 Å². The van der Waals surface area contributed by atoms with E-state index in [-0.39, 0.29) is 27.3 Å². The fourth-order valence-corrected chi connectivity index (χ4v) is 4.56. The van der Waals surface area contributed by atoms with E-state index in [1.807, 2.05) is 6.07 Å². The number of allylic oxidation sites excluding steroid dienone is 1. The maximum absolute atomic E-state index is 13.4. The minimum Gasteiger partial charge on any atom is -0.495 e. The van der Waals surface area contributed by atoms with Crippen molar-refractivity contribution < 1.29 is 19.1 Å². The number of aryl methyl sites for hydroxylation is 1. The third-order valence-corrected chi connectivity index (χ3v) is 6.33. The number of nitrogens with one attached hydrogen (secondary N) is 1. The van der Waals surface area contributed by atoms with Gasteiger partial charge in [0, 0.05) is 49.6 Å². The number of aromatic nitrogens is 3. The number of amides is 1. The van der Waals surface area contributed by atoms with Gasteiger partial charge in [-0.25, -0.2) is 0 Å². The van der Waals surface area contributed by atoms with Gasteiger partial charge in [0.05, 0.1) is 41.2 Å². The van der Waals surface area contributed by atoms with Gasteiger partial charge in [0.15, 0.2) is 5.78 Å². The largest absolute Gasteiger partial charge is 0.495 e. The number of benzene rings is 1. The lowest BCUT2D eigenvalue weighted by Crippen LogP contribution is -2.09. The quantitative estimate of drug-likeness (QED) is 0.347. The van der Waals surface area contributed by atoms with Gasteiger partial charge in [0.2, 0.25) is 5.91 Å². The number of Topliss-reactive ketones (excluding diaryl/α,β-unsaturated/α-hetero) is 1. The molecule has 1 N–H and O–H groups in total. The number of hydrogen-bond acceptors (Lipinski definition) is 6. The lowest BCUT2D eigenvalue weighted by molar-refractivity contribution is -0.111. The number of ether oxygens (including phenoxy) is 2. The number of pyridine rings is 1. The molecule has 1 aliphatic carbocycles. The highest BCUT2D eigenvalue weighted by Gasteiger charge is 2.28. The van der Waals surface area contributed by atoms with Crippen molar-refractivity contribution in [2.45, 2.75) is 12.8 Å². The van der Waals surface area contributed by atoms with E-state index in [9.17, 15) is 9.59 Å². The molecule has 0 atom stereocenters. The molecular formula is C25H22Cl2N4O4. The number of carbonyl (C=O) groups excluding carboxylic acids is 2. The zero-order chi connectivity index (χ0) is 25.3. The minimum absolute atomic E-state index is 0.128. The molecule has 4 rings (SSSR count). The summed E-state index contributed by atoms with van der Waals surface area (Å²) in [4.78, 5) is 29.7. The Balaban J connectivity index is 1.63. The van der Waals surface area contributed by atoms with Crippen molar-refractivity contribution >= 4 is 46.7 Å². The third-order valence-electron chi connectivity index (χ3n) is 5.58. The lowest BCUT2D eigenvalue weighted by atomic mass is 10.0. The Morgan fingerprint density at radius 2 is 1.89 bits per heavy atom. The van der Waals surface area contributed by atoms with Crippen LogP contribution in [-0.4, -0.2) is 40.7 Å². The number of halogens is 2. The molecule has 8 nitrogen and oxygen atoms in total. The molecule has 0 saturated carbocycles. The Morgan fingerprint density at radius 3 is 2.51 bits per heavy atom. The van der Waals surface area contributed by atoms with E-state index in [1.54, 1.807) is 36.3 Å². The number of hydrogen-bond donors (Lipinski definition) is 1. The smallest absolute Gasteiger partial charge is 0.247 e. The third kappa shape index (κ3) is 4.80. The van der Waals surface area contributed by atoms with Crippen LogP contribution in [0.25, 0.3) is 6.08 Å². The molecule has 0 spiro atoms. The van der Waals surface area contributed by atoms with Gasteiger partial charge in [0.25, 0.3) is 0 Å². The molecule has 35 heavy (non-hydrogen) atoms. The Labute approximate surface area is 212 Å². The molecule has 2 heterocycles. The Bertz CT molecular complexity index is 1370. The summed E-state index contributed by atoms with van der Waals surface area (Å²) in [5, 5.41) is 7.44. The van der Waals surface area contributed by atoms with Crippen molar-refractivity contribution in [1.82, 2.24) is 14.8 Å². The number of methoxy groups -OCH3 is 2. The summed E-state index contributed by atoms with van der Waals surface area (Å²) in [6.45, 7) is 3.47. The zero-order valence-corrected chi connectivity index (χ0v) is 20.8. The van der Waals surface area contributed by atoms with Crippen molar-refractivity contribution in [2.75, 3.05) is 19.5 Å². The molecule has 1 aromatic carbocycles. The SMILES string of the molecule is C=CC(=O)Nc1cn(C)nc1Cc1cc2c(cn1)CC(C(=O)c1c(Cl)c(OC)cc(OC)c1Cl)=C2. The van der Waals surface area contributed by atoms with E-state index in [0.29, 0.717) is 41.3 Å². The molecule has 2 aromatic heterocycles. The summed E-state index contributed by atoms with van der Waals surface area (Å²) in [5.41, 5.74) is 4.41. The summed E-state index contributed by atoms with van der Waals surface area (Å²) < 4.78 is 12.2. The van der Waals surface area contributed by atoms with Crippen LogP contribution in [0.2, 0.25) is 10.0 Å². The topological polar surface area (TPSA) is 95.3 Å². The number of rotatable bonds is 8. The number of anilines is 1. The normalized spacial score (nSPS) is 12.1. The lowest BCUT2D eigenvalue weighted by Gasteiger charge is -2.14. The van der Waals surface area contributed by atoms with Crippen molar-refractivity contribution in [3.05, 3.63) is 80.9 Å². The van der Waals surface area contributed by atoms with Crippen LogP contribution in [0.1, 0.15) is 32.9 Å². The van der Waals surface area contributed by atoms with Gasteiger partial charge in [-0.1, -0.05) is 29.8 Å². The van der Waals surface area contributed by atoms with Crippen molar-refractivity contribution in [3.8, 4) is 11.5 Å². The van der Waals surface area contributed by atoms with Crippen molar-refractivity contribution in [1.29, 1.82) is 0 Å². The van der Waals surface area contributed by atoms with E-state index in [0.717, 1.165) is 16.8 Å². The van der Waals surface area contributed by atoms with Crippen LogP contribution in [0.3, 0.4) is 0 Å². The molecule has 1 aliphatic rings. The van der Waals surface area contributed by atoms with Gasteiger partial charge in [-0.15, -0.1) is 0 Å². The second kappa shape index (κ2) is 9.93. The van der Waals surface area contributed by atoms with Crippen LogP contribution in [0.5, 0.6) is 11.5 Å². The molecule has 0 unspecified atom stereocenters. The van der Waals surface area contributed by atoms with Gasteiger partial charge < -0.3 is 14.8 Å². The predicted octanol–water partition coefficient (Wildman–Crippen LogP) is 4.68. The van der Waals surface area contributed by atoms with Gasteiger partial charge >= 0.3 is 0 Å². The van der Waals surface area contributed by atoms with Crippen molar-refractivity contribution in [3.63, 3.8) is 0 Å². The molecule has 3 aromatic rings. The average molecular weight is 513 g/mol. The fourth-order valence-electron chi connectivity index (χ4n) is 3.88. The van der Waals surface area contributed by atoms with Gasteiger partial charge in [-0.3, -0.25) is 19.3 Å². The fraction of sp³-hybridized carbons (Fsp3) is 0.200. The highest BCUT2D eigenvalue weighted by molar-refractivity contribution is 6.43. The molecule has 0 aliphatic heterocycles. The summed E-state index contributed by atoms with van der Waals surface area (Å²) >= 11 is 12.9. The second-order valence-corrected chi connectivity index (χ2v) is 8.62. The van der Waals surface area contributed by atoms with E-state index < -0.39 is 0 Å². The minimum atomic E-state index is -0.321. The zero-order valence-electron chi connectivity index (χ0n) is 19.3. The maximum atomic E-state index is 13.4. The standard InChI is InChI=1S/C25H22Cl2N4O4/c1-5-21(32)29-18-12-31(2)30-17(18)9-16-8-13-6-14(7-15(13)11-28-16)25(33)22-23(26)19(34-3)10-20(35-4)24(22)27/h5-6,8,10-12H,1,7,9H2,2-4H3,(H,29,32). The van der Waals surface area contributed by atoms with Crippen molar-refractivity contribution in [2.24, 2.45) is 7.05 Å². The molecular weight excluding hydrogens is 491 g/mol. The van der Waals surface area contributed by atoms with Gasteiger partial charge in [0.1, 0.15) is 11.5 Å². The van der Waals surface area contributed by atoms with Crippen LogP contribution in [0, 0.1) is 0 Å².